The maximum absolute atomic E-state index is 12.5. The maximum atomic E-state index is 12.5. The first-order valence-electron chi connectivity index (χ1n) is 8.07. The van der Waals surface area contributed by atoms with Crippen LogP contribution in [0.25, 0.3) is 10.9 Å². The van der Waals surface area contributed by atoms with Gasteiger partial charge in [0.1, 0.15) is 0 Å². The van der Waals surface area contributed by atoms with E-state index in [2.05, 4.69) is 4.98 Å². The molecule has 0 bridgehead atoms. The van der Waals surface area contributed by atoms with Crippen molar-refractivity contribution >= 4 is 16.8 Å². The molecule has 0 fully saturated rings. The number of aliphatic hydroxyl groups is 1. The minimum atomic E-state index is -0.362. The van der Waals surface area contributed by atoms with Gasteiger partial charge in [0.2, 0.25) is 0 Å². The second-order valence-corrected chi connectivity index (χ2v) is 6.02. The lowest BCUT2D eigenvalue weighted by molar-refractivity contribution is 0.0675. The first-order valence-corrected chi connectivity index (χ1v) is 8.07. The molecule has 3 aromatic rings. The maximum Gasteiger partial charge on any atom is 0.289 e. The van der Waals surface area contributed by atoms with Gasteiger partial charge in [0.25, 0.3) is 11.5 Å². The second-order valence-electron chi connectivity index (χ2n) is 6.02. The van der Waals surface area contributed by atoms with E-state index in [0.29, 0.717) is 5.56 Å². The largest absolute Gasteiger partial charge is 0.459 e. The lowest BCUT2D eigenvalue weighted by Gasteiger charge is -2.20. The Labute approximate surface area is 144 Å². The van der Waals surface area contributed by atoms with Crippen LogP contribution in [0.1, 0.15) is 27.2 Å². The number of aromatic nitrogens is 1. The summed E-state index contributed by atoms with van der Waals surface area (Å²) < 4.78 is 5.13. The molecule has 0 saturated carbocycles. The van der Waals surface area contributed by atoms with Crippen LogP contribution in [0.3, 0.4) is 0 Å². The Balaban J connectivity index is 1.97. The molecule has 130 valence electrons. The van der Waals surface area contributed by atoms with Gasteiger partial charge in [-0.15, -0.1) is 0 Å². The molecule has 2 aromatic heterocycles. The predicted molar refractivity (Wildman–Crippen MR) is 94.6 cm³/mol. The number of nitrogens with zero attached hydrogens (tertiary/aromatic N) is 1. The van der Waals surface area contributed by atoms with Crippen molar-refractivity contribution in [2.24, 2.45) is 0 Å². The highest BCUT2D eigenvalue weighted by atomic mass is 16.3. The number of aryl methyl sites for hydroxylation is 2. The summed E-state index contributed by atoms with van der Waals surface area (Å²) >= 11 is 0. The van der Waals surface area contributed by atoms with Crippen molar-refractivity contribution in [1.82, 2.24) is 9.88 Å². The van der Waals surface area contributed by atoms with Crippen LogP contribution < -0.4 is 5.56 Å². The molecule has 0 saturated heterocycles. The number of fused-ring (bicyclic) bond motifs is 1. The zero-order valence-electron chi connectivity index (χ0n) is 14.2. The van der Waals surface area contributed by atoms with Gasteiger partial charge in [-0.3, -0.25) is 9.59 Å². The summed E-state index contributed by atoms with van der Waals surface area (Å²) in [6.45, 7) is 3.97. The summed E-state index contributed by atoms with van der Waals surface area (Å²) in [5.74, 6) is -0.184. The molecule has 0 radical (unpaired) electrons. The number of carbonyl (C=O) groups excluding carboxylic acids is 1. The summed E-state index contributed by atoms with van der Waals surface area (Å²) in [6, 6.07) is 8.92. The molecular weight excluding hydrogens is 320 g/mol. The number of hydrogen-bond donors (Lipinski definition) is 2. The molecular formula is C19H20N2O4. The van der Waals surface area contributed by atoms with Crippen molar-refractivity contribution in [3.63, 3.8) is 0 Å². The predicted octanol–water partition coefficient (Wildman–Crippen LogP) is 2.37. The zero-order chi connectivity index (χ0) is 18.0. The Morgan fingerprint density at radius 3 is 2.76 bits per heavy atom. The monoisotopic (exact) mass is 340 g/mol. The number of amides is 1. The molecule has 2 N–H and O–H groups in total. The van der Waals surface area contributed by atoms with E-state index in [1.165, 1.54) is 11.2 Å². The van der Waals surface area contributed by atoms with Crippen LogP contribution in [0.15, 0.2) is 45.8 Å². The fourth-order valence-electron chi connectivity index (χ4n) is 2.82. The highest BCUT2D eigenvalue weighted by molar-refractivity contribution is 5.91. The fraction of sp³-hybridized carbons (Fsp3) is 0.263. The number of nitrogens with one attached hydrogen (secondary N) is 1. The molecule has 0 aliphatic rings. The van der Waals surface area contributed by atoms with Gasteiger partial charge in [0, 0.05) is 12.1 Å². The number of H-pyrrole nitrogens is 1. The lowest BCUT2D eigenvalue weighted by Crippen LogP contribution is -2.34. The van der Waals surface area contributed by atoms with Crippen LogP contribution in [0.4, 0.5) is 0 Å². The number of benzene rings is 1. The van der Waals surface area contributed by atoms with Crippen LogP contribution in [0.2, 0.25) is 0 Å². The molecule has 25 heavy (non-hydrogen) atoms. The van der Waals surface area contributed by atoms with E-state index in [-0.39, 0.29) is 36.9 Å². The number of pyridine rings is 1. The molecule has 1 aromatic carbocycles. The number of aliphatic hydroxyl groups excluding tert-OH is 1. The van der Waals surface area contributed by atoms with Crippen molar-refractivity contribution in [3.05, 3.63) is 69.4 Å². The van der Waals surface area contributed by atoms with Gasteiger partial charge in [-0.25, -0.2) is 0 Å². The minimum Gasteiger partial charge on any atom is -0.459 e. The number of furan rings is 1. The van der Waals surface area contributed by atoms with E-state index in [9.17, 15) is 14.7 Å². The molecule has 0 unspecified atom stereocenters. The molecule has 6 heteroatoms. The molecule has 0 atom stereocenters. The second kappa shape index (κ2) is 6.94. The number of hydrogen-bond acceptors (Lipinski definition) is 4. The number of rotatable bonds is 5. The Hall–Kier alpha value is -2.86. The Morgan fingerprint density at radius 2 is 2.08 bits per heavy atom. The van der Waals surface area contributed by atoms with Gasteiger partial charge >= 0.3 is 0 Å². The normalized spacial score (nSPS) is 11.0. The fourth-order valence-corrected chi connectivity index (χ4v) is 2.82. The lowest BCUT2D eigenvalue weighted by atomic mass is 10.0. The first kappa shape index (κ1) is 17.0. The van der Waals surface area contributed by atoms with Crippen molar-refractivity contribution < 1.29 is 14.3 Å². The van der Waals surface area contributed by atoms with E-state index in [1.807, 2.05) is 26.0 Å². The van der Waals surface area contributed by atoms with Gasteiger partial charge in [-0.2, -0.15) is 0 Å². The van der Waals surface area contributed by atoms with Crippen LogP contribution in [-0.2, 0) is 6.54 Å². The summed E-state index contributed by atoms with van der Waals surface area (Å²) in [5, 5.41) is 10.2. The van der Waals surface area contributed by atoms with Crippen LogP contribution in [0, 0.1) is 13.8 Å². The Morgan fingerprint density at radius 1 is 1.28 bits per heavy atom. The highest BCUT2D eigenvalue weighted by Gasteiger charge is 2.19. The van der Waals surface area contributed by atoms with E-state index < -0.39 is 0 Å². The average molecular weight is 340 g/mol. The third-order valence-electron chi connectivity index (χ3n) is 4.38. The highest BCUT2D eigenvalue weighted by Crippen LogP contribution is 2.19. The SMILES string of the molecule is Cc1ccc2cc(CN(CCO)C(=O)c3ccco3)c(=O)[nH]c2c1C. The van der Waals surface area contributed by atoms with Crippen molar-refractivity contribution in [1.29, 1.82) is 0 Å². The topological polar surface area (TPSA) is 86.5 Å². The van der Waals surface area contributed by atoms with Crippen LogP contribution in [-0.4, -0.2) is 34.0 Å². The van der Waals surface area contributed by atoms with Gasteiger partial charge in [0.05, 0.1) is 24.9 Å². The molecule has 6 nitrogen and oxygen atoms in total. The van der Waals surface area contributed by atoms with E-state index in [1.54, 1.807) is 18.2 Å². The van der Waals surface area contributed by atoms with Crippen molar-refractivity contribution in [2.45, 2.75) is 20.4 Å². The van der Waals surface area contributed by atoms with Gasteiger partial charge < -0.3 is 19.4 Å². The Bertz CT molecular complexity index is 957. The number of carbonyl (C=O) groups is 1. The molecule has 0 spiro atoms. The standard InChI is InChI=1S/C19H20N2O4/c1-12-5-6-14-10-15(18(23)20-17(14)13(12)2)11-21(7-8-22)19(24)16-4-3-9-25-16/h3-6,9-10,22H,7-8,11H2,1-2H3,(H,20,23). The smallest absolute Gasteiger partial charge is 0.289 e. The number of aromatic amines is 1. The van der Waals surface area contributed by atoms with E-state index in [4.69, 9.17) is 4.42 Å². The summed E-state index contributed by atoms with van der Waals surface area (Å²) in [5.41, 5.74) is 3.16. The first-order chi connectivity index (χ1) is 12.0. The van der Waals surface area contributed by atoms with Crippen LogP contribution in [0.5, 0.6) is 0 Å². The molecule has 0 aliphatic carbocycles. The quantitative estimate of drug-likeness (QED) is 0.746. The van der Waals surface area contributed by atoms with Gasteiger partial charge in [-0.05, 0) is 48.6 Å². The summed E-state index contributed by atoms with van der Waals surface area (Å²) in [6.07, 6.45) is 1.41. The van der Waals surface area contributed by atoms with Gasteiger partial charge in [0.15, 0.2) is 5.76 Å². The van der Waals surface area contributed by atoms with Crippen molar-refractivity contribution in [3.8, 4) is 0 Å². The molecule has 1 amide bonds. The van der Waals surface area contributed by atoms with Crippen LogP contribution >= 0.6 is 0 Å². The van der Waals surface area contributed by atoms with Gasteiger partial charge in [-0.1, -0.05) is 12.1 Å². The third kappa shape index (κ3) is 3.34. The Kier molecular flexibility index (Phi) is 4.72. The van der Waals surface area contributed by atoms with E-state index >= 15 is 0 Å². The van der Waals surface area contributed by atoms with Crippen molar-refractivity contribution in [2.75, 3.05) is 13.2 Å². The molecule has 2 heterocycles. The zero-order valence-corrected chi connectivity index (χ0v) is 14.2. The summed E-state index contributed by atoms with van der Waals surface area (Å²) in [4.78, 5) is 29.3. The average Bonchev–Trinajstić information content (AvgIpc) is 3.13. The van der Waals surface area contributed by atoms with E-state index in [0.717, 1.165) is 22.0 Å². The molecule has 3 rings (SSSR count). The summed E-state index contributed by atoms with van der Waals surface area (Å²) in [7, 11) is 0. The minimum absolute atomic E-state index is 0.0955. The molecule has 0 aliphatic heterocycles. The third-order valence-corrected chi connectivity index (χ3v) is 4.38.